The maximum Gasteiger partial charge on any atom is 0.349 e. The van der Waals surface area contributed by atoms with Crippen molar-refractivity contribution in [2.45, 2.75) is 65.0 Å². The van der Waals surface area contributed by atoms with Crippen molar-refractivity contribution >= 4 is 69.8 Å². The minimum absolute atomic E-state index is 0.137. The maximum atomic E-state index is 12.7. The predicted molar refractivity (Wildman–Crippen MR) is 175 cm³/mol. The molecule has 1 aliphatic carbocycles. The van der Waals surface area contributed by atoms with Crippen LogP contribution in [0, 0.1) is 0 Å². The summed E-state index contributed by atoms with van der Waals surface area (Å²) in [6, 6.07) is 14.9. The Kier molecular flexibility index (Phi) is 13.8. The molecule has 4 rings (SSSR count). The molecule has 0 radical (unpaired) electrons. The van der Waals surface area contributed by atoms with E-state index in [1.807, 2.05) is 23.1 Å². The van der Waals surface area contributed by atoms with E-state index in [0.717, 1.165) is 44.5 Å². The molecular formula is C33H38Cl2N2O5S. The highest BCUT2D eigenvalue weighted by Crippen LogP contribution is 2.37. The molecule has 2 aliphatic rings. The summed E-state index contributed by atoms with van der Waals surface area (Å²) in [7, 11) is 0. The predicted octanol–water partition coefficient (Wildman–Crippen LogP) is 8.39. The smallest absolute Gasteiger partial charge is 0.349 e. The Morgan fingerprint density at radius 3 is 2.12 bits per heavy atom. The van der Waals surface area contributed by atoms with Crippen LogP contribution in [0.4, 0.5) is 10.5 Å². The van der Waals surface area contributed by atoms with Crippen LogP contribution < -0.4 is 4.90 Å². The number of hydrogen-bond acceptors (Lipinski definition) is 6. The number of rotatable bonds is 10. The Balaban J connectivity index is 0.000000259. The zero-order valence-electron chi connectivity index (χ0n) is 24.9. The molecule has 0 spiro atoms. The summed E-state index contributed by atoms with van der Waals surface area (Å²) in [5.74, 6) is -0.457. The van der Waals surface area contributed by atoms with Crippen LogP contribution in [-0.2, 0) is 24.9 Å². The molecule has 43 heavy (non-hydrogen) atoms. The van der Waals surface area contributed by atoms with E-state index in [1.54, 1.807) is 25.1 Å². The fourth-order valence-corrected chi connectivity index (χ4v) is 5.99. The largest absolute Gasteiger partial charge is 0.462 e. The van der Waals surface area contributed by atoms with E-state index in [4.69, 9.17) is 27.9 Å². The first kappa shape index (κ1) is 34.4. The molecule has 7 nitrogen and oxygen atoms in total. The molecule has 0 saturated carbocycles. The van der Waals surface area contributed by atoms with Gasteiger partial charge in [-0.2, -0.15) is 0 Å². The lowest BCUT2D eigenvalue weighted by Gasteiger charge is -2.20. The normalized spacial score (nSPS) is 14.7. The summed E-state index contributed by atoms with van der Waals surface area (Å²) >= 11 is 13.5. The molecule has 10 heteroatoms. The van der Waals surface area contributed by atoms with E-state index in [1.165, 1.54) is 28.3 Å². The van der Waals surface area contributed by atoms with Crippen LogP contribution in [0.1, 0.15) is 70.4 Å². The van der Waals surface area contributed by atoms with Crippen molar-refractivity contribution in [3.05, 3.63) is 80.9 Å². The van der Waals surface area contributed by atoms with Gasteiger partial charge in [0.25, 0.3) is 17.1 Å². The summed E-state index contributed by atoms with van der Waals surface area (Å²) in [5.41, 5.74) is 3.25. The lowest BCUT2D eigenvalue weighted by atomic mass is 9.93. The molecule has 0 bridgehead atoms. The topological polar surface area (TPSA) is 84.0 Å². The molecule has 0 atom stereocenters. The standard InChI is InChI=1S/C19H17Cl2NO4.C14H21NOS/c1-2-26-19(25)16(21)10-11-9-12(7-8-15(11)20)22-17(23)13-5-3-4-6-14(13)18(22)24;1-3-10-15(11-4-2)14(16)17-12-13-8-6-5-7-9-13/h7-10H,2-6H2,1H3;5-9H,3-4,10-12H2,1-2H3/b16-10-;. The maximum absolute atomic E-state index is 12.7. The number of thioether (sulfide) groups is 1. The summed E-state index contributed by atoms with van der Waals surface area (Å²) < 4.78 is 4.84. The van der Waals surface area contributed by atoms with E-state index in [-0.39, 0.29) is 28.7 Å². The number of carbonyl (C=O) groups is 4. The van der Waals surface area contributed by atoms with Gasteiger partial charge in [-0.15, -0.1) is 0 Å². The Morgan fingerprint density at radius 1 is 0.953 bits per heavy atom. The first-order valence-electron chi connectivity index (χ1n) is 14.6. The van der Waals surface area contributed by atoms with Gasteiger partial charge in [0.15, 0.2) is 0 Å². The van der Waals surface area contributed by atoms with E-state index >= 15 is 0 Å². The molecular weight excluding hydrogens is 607 g/mol. The number of carbonyl (C=O) groups excluding carboxylic acids is 4. The molecule has 1 heterocycles. The lowest BCUT2D eigenvalue weighted by Crippen LogP contribution is -2.31. The van der Waals surface area contributed by atoms with Gasteiger partial charge in [-0.1, -0.05) is 79.1 Å². The number of ether oxygens (including phenoxy) is 1. The van der Waals surface area contributed by atoms with Gasteiger partial charge in [-0.05, 0) is 80.9 Å². The van der Waals surface area contributed by atoms with Crippen molar-refractivity contribution in [2.75, 3.05) is 24.6 Å². The van der Waals surface area contributed by atoms with Gasteiger partial charge in [-0.3, -0.25) is 14.4 Å². The number of hydrogen-bond donors (Lipinski definition) is 0. The second-order valence-corrected chi connectivity index (χ2v) is 11.8. The first-order chi connectivity index (χ1) is 20.7. The second-order valence-electron chi connectivity index (χ2n) is 10.1. The van der Waals surface area contributed by atoms with Crippen molar-refractivity contribution in [1.82, 2.24) is 4.90 Å². The molecule has 2 aromatic carbocycles. The third-order valence-electron chi connectivity index (χ3n) is 6.83. The van der Waals surface area contributed by atoms with E-state index < -0.39 is 5.97 Å². The monoisotopic (exact) mass is 644 g/mol. The van der Waals surface area contributed by atoms with E-state index in [9.17, 15) is 19.2 Å². The molecule has 0 saturated heterocycles. The van der Waals surface area contributed by atoms with Crippen molar-refractivity contribution in [1.29, 1.82) is 0 Å². The fraction of sp³-hybridized carbons (Fsp3) is 0.394. The summed E-state index contributed by atoms with van der Waals surface area (Å²) in [4.78, 5) is 52.1. The minimum Gasteiger partial charge on any atom is -0.462 e. The number of anilines is 1. The van der Waals surface area contributed by atoms with Gasteiger partial charge < -0.3 is 9.64 Å². The fourth-order valence-electron chi connectivity index (χ4n) is 4.80. The zero-order chi connectivity index (χ0) is 31.4. The number of amides is 3. The SMILES string of the molecule is CCCN(CCC)C(=O)SCc1ccccc1.CCOC(=O)/C(Cl)=C/c1cc(N2C(=O)C3=C(CCCC3)C2=O)ccc1Cl. The highest BCUT2D eigenvalue weighted by molar-refractivity contribution is 8.12. The van der Waals surface area contributed by atoms with Gasteiger partial charge in [0.05, 0.1) is 12.3 Å². The molecule has 3 amide bonds. The Labute approximate surface area is 268 Å². The molecule has 0 unspecified atom stereocenters. The van der Waals surface area contributed by atoms with Crippen LogP contribution in [0.2, 0.25) is 5.02 Å². The van der Waals surface area contributed by atoms with Crippen LogP contribution in [0.15, 0.2) is 64.7 Å². The minimum atomic E-state index is -0.666. The van der Waals surface area contributed by atoms with Crippen LogP contribution >= 0.6 is 35.0 Å². The first-order valence-corrected chi connectivity index (χ1v) is 16.4. The molecule has 0 aromatic heterocycles. The zero-order valence-corrected chi connectivity index (χ0v) is 27.2. The van der Waals surface area contributed by atoms with Gasteiger partial charge >= 0.3 is 5.97 Å². The third-order valence-corrected chi connectivity index (χ3v) is 8.42. The molecule has 1 aliphatic heterocycles. The van der Waals surface area contributed by atoms with Gasteiger partial charge in [0.2, 0.25) is 0 Å². The second kappa shape index (κ2) is 17.3. The number of nitrogens with zero attached hydrogens (tertiary/aromatic N) is 2. The lowest BCUT2D eigenvalue weighted by molar-refractivity contribution is -0.137. The van der Waals surface area contributed by atoms with Crippen molar-refractivity contribution in [2.24, 2.45) is 0 Å². The third kappa shape index (κ3) is 9.46. The van der Waals surface area contributed by atoms with Crippen LogP contribution in [-0.4, -0.2) is 47.6 Å². The Hall–Kier alpha value is -3.07. The van der Waals surface area contributed by atoms with Crippen molar-refractivity contribution in [3.8, 4) is 0 Å². The average Bonchev–Trinajstić information content (AvgIpc) is 3.27. The Morgan fingerprint density at radius 2 is 1.56 bits per heavy atom. The molecule has 0 fully saturated rings. The quantitative estimate of drug-likeness (QED) is 0.147. The van der Waals surface area contributed by atoms with Gasteiger partial charge in [0, 0.05) is 35.0 Å². The molecule has 2 aromatic rings. The van der Waals surface area contributed by atoms with Crippen molar-refractivity contribution < 1.29 is 23.9 Å². The highest BCUT2D eigenvalue weighted by Gasteiger charge is 2.39. The summed E-state index contributed by atoms with van der Waals surface area (Å²) in [5, 5.41) is 0.410. The Bertz CT molecular complexity index is 1340. The number of halogens is 2. The number of imide groups is 1. The van der Waals surface area contributed by atoms with Crippen LogP contribution in [0.25, 0.3) is 6.08 Å². The average molecular weight is 646 g/mol. The molecule has 230 valence electrons. The van der Waals surface area contributed by atoms with Crippen LogP contribution in [0.3, 0.4) is 0 Å². The summed E-state index contributed by atoms with van der Waals surface area (Å²) in [6.45, 7) is 7.83. The number of benzene rings is 2. The summed E-state index contributed by atoms with van der Waals surface area (Å²) in [6.07, 6.45) is 6.50. The van der Waals surface area contributed by atoms with E-state index in [0.29, 0.717) is 40.3 Å². The van der Waals surface area contributed by atoms with Crippen LogP contribution in [0.5, 0.6) is 0 Å². The molecule has 0 N–H and O–H groups in total. The van der Waals surface area contributed by atoms with Gasteiger partial charge in [0.1, 0.15) is 5.03 Å². The van der Waals surface area contributed by atoms with E-state index in [2.05, 4.69) is 26.0 Å². The highest BCUT2D eigenvalue weighted by atomic mass is 35.5. The van der Waals surface area contributed by atoms with Gasteiger partial charge in [-0.25, -0.2) is 9.69 Å². The number of esters is 1. The van der Waals surface area contributed by atoms with Crippen molar-refractivity contribution in [3.63, 3.8) is 0 Å².